The Hall–Kier alpha value is -1.56. The van der Waals surface area contributed by atoms with Gasteiger partial charge in [-0.25, -0.2) is 13.4 Å². The minimum Gasteiger partial charge on any atom is -0.331 e. The van der Waals surface area contributed by atoms with Crippen LogP contribution in [-0.2, 0) is 17.1 Å². The number of aryl methyl sites for hydroxylation is 1. The van der Waals surface area contributed by atoms with Gasteiger partial charge in [0.25, 0.3) is 0 Å². The van der Waals surface area contributed by atoms with Crippen LogP contribution in [0, 0.1) is 0 Å². The third kappa shape index (κ3) is 3.52. The van der Waals surface area contributed by atoms with Crippen molar-refractivity contribution in [1.29, 1.82) is 0 Å². The quantitative estimate of drug-likeness (QED) is 0.874. The number of nitrogens with zero attached hydrogens (tertiary/aromatic N) is 2. The number of rotatable bonds is 6. The van der Waals surface area contributed by atoms with Crippen LogP contribution in [0.3, 0.4) is 0 Å². The second-order valence-corrected chi connectivity index (χ2v) is 8.33. The van der Waals surface area contributed by atoms with Gasteiger partial charge in [0.1, 0.15) is 5.82 Å². The first-order valence-electron chi connectivity index (χ1n) is 8.47. The zero-order valence-corrected chi connectivity index (χ0v) is 14.7. The SMILES string of the molecule is CCCCS(=O)(=O)Nc1ccc2c(c1)nc(C1CCCC1)n2C. The zero-order chi connectivity index (χ0) is 16.4. The first-order valence-corrected chi connectivity index (χ1v) is 10.1. The molecule has 0 bridgehead atoms. The summed E-state index contributed by atoms with van der Waals surface area (Å²) in [6, 6.07) is 5.63. The molecule has 0 spiro atoms. The molecule has 23 heavy (non-hydrogen) atoms. The van der Waals surface area contributed by atoms with Gasteiger partial charge in [-0.3, -0.25) is 4.72 Å². The van der Waals surface area contributed by atoms with Crippen LogP contribution in [-0.4, -0.2) is 23.7 Å². The lowest BCUT2D eigenvalue weighted by Gasteiger charge is -2.09. The highest BCUT2D eigenvalue weighted by Crippen LogP contribution is 2.35. The molecule has 1 heterocycles. The highest BCUT2D eigenvalue weighted by molar-refractivity contribution is 7.92. The van der Waals surface area contributed by atoms with E-state index in [1.54, 1.807) is 0 Å². The number of fused-ring (bicyclic) bond motifs is 1. The maximum Gasteiger partial charge on any atom is 0.232 e. The fourth-order valence-electron chi connectivity index (χ4n) is 3.40. The van der Waals surface area contributed by atoms with Gasteiger partial charge in [0, 0.05) is 13.0 Å². The molecule has 1 aliphatic carbocycles. The Bertz CT molecular complexity index is 790. The molecule has 1 fully saturated rings. The zero-order valence-electron chi connectivity index (χ0n) is 13.9. The molecule has 2 aromatic rings. The molecule has 1 aromatic carbocycles. The number of anilines is 1. The van der Waals surface area contributed by atoms with Crippen molar-refractivity contribution in [2.24, 2.45) is 7.05 Å². The van der Waals surface area contributed by atoms with Crippen molar-refractivity contribution in [3.8, 4) is 0 Å². The number of hydrogen-bond donors (Lipinski definition) is 1. The van der Waals surface area contributed by atoms with Gasteiger partial charge in [-0.15, -0.1) is 0 Å². The summed E-state index contributed by atoms with van der Waals surface area (Å²) in [6.07, 6.45) is 6.49. The van der Waals surface area contributed by atoms with Crippen LogP contribution in [0.4, 0.5) is 5.69 Å². The van der Waals surface area contributed by atoms with Gasteiger partial charge in [0.15, 0.2) is 0 Å². The molecule has 1 aromatic heterocycles. The van der Waals surface area contributed by atoms with Crippen molar-refractivity contribution in [2.75, 3.05) is 10.5 Å². The fraction of sp³-hybridized carbons (Fsp3) is 0.588. The fourth-order valence-corrected chi connectivity index (χ4v) is 4.65. The third-order valence-corrected chi connectivity index (χ3v) is 6.05. The second kappa shape index (κ2) is 6.51. The molecule has 126 valence electrons. The van der Waals surface area contributed by atoms with E-state index in [1.165, 1.54) is 25.7 Å². The van der Waals surface area contributed by atoms with Crippen molar-refractivity contribution in [3.63, 3.8) is 0 Å². The molecule has 5 nitrogen and oxygen atoms in total. The number of nitrogens with one attached hydrogen (secondary N) is 1. The van der Waals surface area contributed by atoms with Crippen molar-refractivity contribution in [1.82, 2.24) is 9.55 Å². The van der Waals surface area contributed by atoms with Crippen molar-refractivity contribution in [3.05, 3.63) is 24.0 Å². The smallest absolute Gasteiger partial charge is 0.232 e. The standard InChI is InChI=1S/C17H25N3O2S/c1-3-4-11-23(21,22)19-14-9-10-16-15(12-14)18-17(20(16)2)13-7-5-6-8-13/h9-10,12-13,19H,3-8,11H2,1-2H3. The second-order valence-electron chi connectivity index (χ2n) is 6.49. The van der Waals surface area contributed by atoms with Gasteiger partial charge in [0.05, 0.1) is 22.5 Å². The van der Waals surface area contributed by atoms with Gasteiger partial charge in [-0.05, 0) is 37.5 Å². The van der Waals surface area contributed by atoms with E-state index in [0.717, 1.165) is 23.3 Å². The Labute approximate surface area is 138 Å². The molecule has 0 atom stereocenters. The summed E-state index contributed by atoms with van der Waals surface area (Å²) in [5.41, 5.74) is 2.53. The number of benzene rings is 1. The summed E-state index contributed by atoms with van der Waals surface area (Å²) in [5, 5.41) is 0. The molecule has 0 saturated heterocycles. The Morgan fingerprint density at radius 2 is 2.04 bits per heavy atom. The summed E-state index contributed by atoms with van der Waals surface area (Å²) >= 11 is 0. The molecular formula is C17H25N3O2S. The molecule has 0 radical (unpaired) electrons. The maximum absolute atomic E-state index is 12.0. The van der Waals surface area contributed by atoms with Crippen LogP contribution < -0.4 is 4.72 Å². The van der Waals surface area contributed by atoms with Gasteiger partial charge < -0.3 is 4.57 Å². The van der Waals surface area contributed by atoms with Gasteiger partial charge in [-0.1, -0.05) is 26.2 Å². The van der Waals surface area contributed by atoms with Crippen LogP contribution >= 0.6 is 0 Å². The maximum atomic E-state index is 12.0. The molecule has 3 rings (SSSR count). The van der Waals surface area contributed by atoms with E-state index in [9.17, 15) is 8.42 Å². The molecule has 1 aliphatic rings. The van der Waals surface area contributed by atoms with Crippen molar-refractivity contribution in [2.45, 2.75) is 51.4 Å². The highest BCUT2D eigenvalue weighted by atomic mass is 32.2. The van der Waals surface area contributed by atoms with Gasteiger partial charge in [0.2, 0.25) is 10.0 Å². The lowest BCUT2D eigenvalue weighted by atomic mass is 10.1. The molecule has 6 heteroatoms. The Morgan fingerprint density at radius 1 is 1.30 bits per heavy atom. The highest BCUT2D eigenvalue weighted by Gasteiger charge is 2.22. The normalized spacial score (nSPS) is 16.3. The topological polar surface area (TPSA) is 64.0 Å². The predicted octanol–water partition coefficient (Wildman–Crippen LogP) is 3.77. The van der Waals surface area contributed by atoms with Gasteiger partial charge >= 0.3 is 0 Å². The molecule has 1 saturated carbocycles. The van der Waals surface area contributed by atoms with Crippen molar-refractivity contribution >= 4 is 26.7 Å². The van der Waals surface area contributed by atoms with E-state index in [0.29, 0.717) is 18.0 Å². The monoisotopic (exact) mass is 335 g/mol. The van der Waals surface area contributed by atoms with E-state index in [2.05, 4.69) is 9.29 Å². The summed E-state index contributed by atoms with van der Waals surface area (Å²) < 4.78 is 28.9. The number of imidazole rings is 1. The van der Waals surface area contributed by atoms with Crippen LogP contribution in [0.5, 0.6) is 0 Å². The van der Waals surface area contributed by atoms with E-state index in [-0.39, 0.29) is 5.75 Å². The lowest BCUT2D eigenvalue weighted by Crippen LogP contribution is -2.16. The van der Waals surface area contributed by atoms with Crippen LogP contribution in [0.1, 0.15) is 57.2 Å². The largest absolute Gasteiger partial charge is 0.331 e. The summed E-state index contributed by atoms with van der Waals surface area (Å²) in [7, 11) is -1.22. The number of sulfonamides is 1. The Balaban J connectivity index is 1.87. The van der Waals surface area contributed by atoms with E-state index >= 15 is 0 Å². The number of aromatic nitrogens is 2. The van der Waals surface area contributed by atoms with Crippen LogP contribution in [0.2, 0.25) is 0 Å². The Morgan fingerprint density at radius 3 is 2.74 bits per heavy atom. The molecule has 1 N–H and O–H groups in total. The summed E-state index contributed by atoms with van der Waals surface area (Å²) in [6.45, 7) is 1.99. The van der Waals surface area contributed by atoms with Crippen LogP contribution in [0.15, 0.2) is 18.2 Å². The minimum atomic E-state index is -3.27. The van der Waals surface area contributed by atoms with E-state index < -0.39 is 10.0 Å². The Kier molecular flexibility index (Phi) is 4.62. The molecule has 0 amide bonds. The van der Waals surface area contributed by atoms with E-state index in [1.807, 2.05) is 32.2 Å². The van der Waals surface area contributed by atoms with Crippen LogP contribution in [0.25, 0.3) is 11.0 Å². The lowest BCUT2D eigenvalue weighted by molar-refractivity contribution is 0.598. The number of hydrogen-bond acceptors (Lipinski definition) is 3. The predicted molar refractivity (Wildman–Crippen MR) is 94.2 cm³/mol. The summed E-state index contributed by atoms with van der Waals surface area (Å²) in [5.74, 6) is 1.83. The summed E-state index contributed by atoms with van der Waals surface area (Å²) in [4.78, 5) is 4.78. The third-order valence-electron chi connectivity index (χ3n) is 4.68. The first kappa shape index (κ1) is 16.3. The molecule has 0 aliphatic heterocycles. The average molecular weight is 335 g/mol. The molecular weight excluding hydrogens is 310 g/mol. The molecule has 0 unspecified atom stereocenters. The average Bonchev–Trinajstić information content (AvgIpc) is 3.13. The first-order chi connectivity index (χ1) is 11.0. The van der Waals surface area contributed by atoms with Crippen molar-refractivity contribution < 1.29 is 8.42 Å². The van der Waals surface area contributed by atoms with E-state index in [4.69, 9.17) is 4.98 Å². The minimum absolute atomic E-state index is 0.164. The van der Waals surface area contributed by atoms with Gasteiger partial charge in [-0.2, -0.15) is 0 Å². The number of unbranched alkanes of at least 4 members (excludes halogenated alkanes) is 1.